The molecular formula is C19H27N3O2. The number of primary amides is 1. The fourth-order valence-electron chi connectivity index (χ4n) is 4.41. The summed E-state index contributed by atoms with van der Waals surface area (Å²) in [6.07, 6.45) is 6.85. The highest BCUT2D eigenvalue weighted by molar-refractivity contribution is 5.75. The molecule has 4 rings (SSSR count). The van der Waals surface area contributed by atoms with Crippen LogP contribution in [0, 0.1) is 0 Å². The summed E-state index contributed by atoms with van der Waals surface area (Å²) in [6, 6.07) is 9.35. The zero-order valence-electron chi connectivity index (χ0n) is 14.2. The molecule has 1 aromatic rings. The Labute approximate surface area is 143 Å². The maximum absolute atomic E-state index is 11.1. The van der Waals surface area contributed by atoms with Gasteiger partial charge in [-0.05, 0) is 38.2 Å². The van der Waals surface area contributed by atoms with E-state index in [4.69, 9.17) is 10.5 Å². The van der Waals surface area contributed by atoms with Crippen molar-refractivity contribution in [2.75, 3.05) is 19.6 Å². The van der Waals surface area contributed by atoms with E-state index in [0.717, 1.165) is 38.1 Å². The van der Waals surface area contributed by atoms with Gasteiger partial charge in [0, 0.05) is 37.2 Å². The molecule has 3 N–H and O–H groups in total. The third kappa shape index (κ3) is 3.15. The minimum atomic E-state index is -0.230. The molecule has 130 valence electrons. The summed E-state index contributed by atoms with van der Waals surface area (Å²) in [5, 5.41) is 3.89. The van der Waals surface area contributed by atoms with Crippen molar-refractivity contribution in [3.8, 4) is 5.75 Å². The van der Waals surface area contributed by atoms with Crippen LogP contribution in [0.25, 0.3) is 0 Å². The number of hydrogen-bond donors (Lipinski definition) is 2. The summed E-state index contributed by atoms with van der Waals surface area (Å²) >= 11 is 0. The number of hydrogen-bond acceptors (Lipinski definition) is 4. The van der Waals surface area contributed by atoms with Crippen molar-refractivity contribution in [1.29, 1.82) is 0 Å². The maximum Gasteiger partial charge on any atom is 0.231 e. The summed E-state index contributed by atoms with van der Waals surface area (Å²) in [6.45, 7) is 2.27. The molecule has 0 bridgehead atoms. The van der Waals surface area contributed by atoms with Crippen LogP contribution < -0.4 is 15.8 Å². The molecule has 1 amide bonds. The Morgan fingerprint density at radius 2 is 2.04 bits per heavy atom. The van der Waals surface area contributed by atoms with Crippen LogP contribution in [0.4, 0.5) is 0 Å². The molecule has 0 aromatic heterocycles. The number of fused-ring (bicyclic) bond motifs is 1. The van der Waals surface area contributed by atoms with Gasteiger partial charge in [0.15, 0.2) is 0 Å². The Bertz CT molecular complexity index is 606. The van der Waals surface area contributed by atoms with Crippen molar-refractivity contribution in [2.24, 2.45) is 5.73 Å². The Morgan fingerprint density at radius 1 is 1.29 bits per heavy atom. The molecule has 5 heteroatoms. The molecular weight excluding hydrogens is 302 g/mol. The van der Waals surface area contributed by atoms with Gasteiger partial charge in [0.25, 0.3) is 0 Å². The molecule has 1 spiro atoms. The molecule has 2 fully saturated rings. The summed E-state index contributed by atoms with van der Waals surface area (Å²) < 4.78 is 6.34. The van der Waals surface area contributed by atoms with E-state index < -0.39 is 0 Å². The molecule has 0 radical (unpaired) electrons. The third-order valence-corrected chi connectivity index (χ3v) is 5.87. The number of piperidine rings is 1. The first-order valence-electron chi connectivity index (χ1n) is 9.18. The van der Waals surface area contributed by atoms with E-state index in [0.29, 0.717) is 18.6 Å². The molecule has 1 saturated carbocycles. The van der Waals surface area contributed by atoms with Crippen molar-refractivity contribution < 1.29 is 9.53 Å². The molecule has 24 heavy (non-hydrogen) atoms. The number of likely N-dealkylation sites (tertiary alicyclic amines) is 1. The van der Waals surface area contributed by atoms with Crippen LogP contribution in [0.2, 0.25) is 0 Å². The van der Waals surface area contributed by atoms with E-state index >= 15 is 0 Å². The lowest BCUT2D eigenvalue weighted by atomic mass is 9.72. The number of amides is 1. The number of ether oxygens (including phenoxy) is 1. The molecule has 1 saturated heterocycles. The summed E-state index contributed by atoms with van der Waals surface area (Å²) in [5.74, 6) is 0.832. The SMILES string of the molecule is NC(=O)CN1CCC(N[C@H]2CC3(CCC3)Oc3ccccc32)CC1. The van der Waals surface area contributed by atoms with E-state index in [1.165, 1.54) is 24.8 Å². The monoisotopic (exact) mass is 329 g/mol. The predicted octanol–water partition coefficient (Wildman–Crippen LogP) is 1.97. The normalized spacial score (nSPS) is 26.4. The van der Waals surface area contributed by atoms with Crippen molar-refractivity contribution in [3.05, 3.63) is 29.8 Å². The minimum absolute atomic E-state index is 0.0681. The number of para-hydroxylation sites is 1. The van der Waals surface area contributed by atoms with Gasteiger partial charge in [-0.25, -0.2) is 0 Å². The van der Waals surface area contributed by atoms with Gasteiger partial charge in [-0.15, -0.1) is 0 Å². The molecule has 1 atom stereocenters. The lowest BCUT2D eigenvalue weighted by Gasteiger charge is -2.49. The quantitative estimate of drug-likeness (QED) is 0.886. The van der Waals surface area contributed by atoms with Gasteiger partial charge in [-0.2, -0.15) is 0 Å². The van der Waals surface area contributed by atoms with E-state index in [1.54, 1.807) is 0 Å². The molecule has 1 aromatic carbocycles. The van der Waals surface area contributed by atoms with Gasteiger partial charge in [-0.3, -0.25) is 9.69 Å². The lowest BCUT2D eigenvalue weighted by Crippen LogP contribution is -2.52. The summed E-state index contributed by atoms with van der Waals surface area (Å²) in [4.78, 5) is 13.2. The van der Waals surface area contributed by atoms with Crippen LogP contribution in [0.5, 0.6) is 5.75 Å². The van der Waals surface area contributed by atoms with Gasteiger partial charge in [0.2, 0.25) is 5.91 Å². The Morgan fingerprint density at radius 3 is 2.71 bits per heavy atom. The van der Waals surface area contributed by atoms with Crippen LogP contribution in [0.1, 0.15) is 50.1 Å². The first kappa shape index (κ1) is 15.9. The number of benzene rings is 1. The fraction of sp³-hybridized carbons (Fsp3) is 0.632. The number of nitrogens with two attached hydrogens (primary N) is 1. The Balaban J connectivity index is 1.42. The lowest BCUT2D eigenvalue weighted by molar-refractivity contribution is -0.119. The standard InChI is InChI=1S/C19H27N3O2/c20-18(23)13-22-10-6-14(7-11-22)21-16-12-19(8-3-9-19)24-17-5-2-1-4-15(16)17/h1-2,4-5,14,16,21H,3,6-13H2,(H2,20,23)/t16-/m0/s1. The number of carbonyl (C=O) groups is 1. The van der Waals surface area contributed by atoms with E-state index in [-0.39, 0.29) is 11.5 Å². The van der Waals surface area contributed by atoms with Crippen molar-refractivity contribution >= 4 is 5.91 Å². The van der Waals surface area contributed by atoms with Gasteiger partial charge in [0.05, 0.1) is 6.54 Å². The van der Waals surface area contributed by atoms with E-state index in [1.807, 2.05) is 0 Å². The fourth-order valence-corrected chi connectivity index (χ4v) is 4.41. The predicted molar refractivity (Wildman–Crippen MR) is 92.8 cm³/mol. The van der Waals surface area contributed by atoms with Crippen molar-refractivity contribution in [2.45, 2.75) is 56.2 Å². The number of carbonyl (C=O) groups excluding carboxylic acids is 1. The summed E-state index contributed by atoms with van der Waals surface area (Å²) in [5.41, 5.74) is 6.67. The van der Waals surface area contributed by atoms with Crippen molar-refractivity contribution in [3.63, 3.8) is 0 Å². The molecule has 2 aliphatic heterocycles. The number of nitrogens with zero attached hydrogens (tertiary/aromatic N) is 1. The van der Waals surface area contributed by atoms with Crippen LogP contribution >= 0.6 is 0 Å². The Kier molecular flexibility index (Phi) is 4.22. The average molecular weight is 329 g/mol. The zero-order valence-corrected chi connectivity index (χ0v) is 14.2. The first-order valence-corrected chi connectivity index (χ1v) is 9.18. The number of rotatable bonds is 4. The van der Waals surface area contributed by atoms with E-state index in [2.05, 4.69) is 34.5 Å². The zero-order chi connectivity index (χ0) is 16.6. The second-order valence-electron chi connectivity index (χ2n) is 7.62. The molecule has 5 nitrogen and oxygen atoms in total. The van der Waals surface area contributed by atoms with Crippen LogP contribution in [0.3, 0.4) is 0 Å². The summed E-state index contributed by atoms with van der Waals surface area (Å²) in [7, 11) is 0. The van der Waals surface area contributed by atoms with E-state index in [9.17, 15) is 4.79 Å². The maximum atomic E-state index is 11.1. The van der Waals surface area contributed by atoms with Gasteiger partial charge >= 0.3 is 0 Å². The van der Waals surface area contributed by atoms with Crippen LogP contribution in [-0.4, -0.2) is 42.1 Å². The second-order valence-corrected chi connectivity index (χ2v) is 7.62. The number of nitrogens with one attached hydrogen (secondary N) is 1. The van der Waals surface area contributed by atoms with Crippen LogP contribution in [0.15, 0.2) is 24.3 Å². The van der Waals surface area contributed by atoms with Crippen molar-refractivity contribution in [1.82, 2.24) is 10.2 Å². The molecule has 3 aliphatic rings. The van der Waals surface area contributed by atoms with Crippen LogP contribution in [-0.2, 0) is 4.79 Å². The topological polar surface area (TPSA) is 67.6 Å². The van der Waals surface area contributed by atoms with Gasteiger partial charge < -0.3 is 15.8 Å². The highest BCUT2D eigenvalue weighted by atomic mass is 16.5. The smallest absolute Gasteiger partial charge is 0.231 e. The van der Waals surface area contributed by atoms with Gasteiger partial charge in [0.1, 0.15) is 11.4 Å². The van der Waals surface area contributed by atoms with Gasteiger partial charge in [-0.1, -0.05) is 18.2 Å². The molecule has 0 unspecified atom stereocenters. The third-order valence-electron chi connectivity index (χ3n) is 5.87. The molecule has 2 heterocycles. The Hall–Kier alpha value is -1.59. The molecule has 1 aliphatic carbocycles. The first-order chi connectivity index (χ1) is 11.6. The average Bonchev–Trinajstić information content (AvgIpc) is 2.54. The highest BCUT2D eigenvalue weighted by Gasteiger charge is 2.45. The second kappa shape index (κ2) is 6.37. The highest BCUT2D eigenvalue weighted by Crippen LogP contribution is 2.48. The largest absolute Gasteiger partial charge is 0.487 e. The minimum Gasteiger partial charge on any atom is -0.487 e.